The van der Waals surface area contributed by atoms with Crippen LogP contribution in [0.15, 0.2) is 20.4 Å². The maximum atomic E-state index is 12.5. The van der Waals surface area contributed by atoms with Gasteiger partial charge in [0.25, 0.3) is 11.5 Å². The van der Waals surface area contributed by atoms with Gasteiger partial charge in [-0.3, -0.25) is 19.1 Å². The molecule has 1 amide bonds. The van der Waals surface area contributed by atoms with Crippen molar-refractivity contribution in [3.8, 4) is 0 Å². The summed E-state index contributed by atoms with van der Waals surface area (Å²) in [5.41, 5.74) is -0.996. The van der Waals surface area contributed by atoms with Gasteiger partial charge in [0.15, 0.2) is 12.1 Å². The minimum atomic E-state index is -0.610. The van der Waals surface area contributed by atoms with E-state index in [1.54, 1.807) is 6.92 Å². The van der Waals surface area contributed by atoms with Crippen LogP contribution in [0.2, 0.25) is 0 Å². The van der Waals surface area contributed by atoms with Gasteiger partial charge < -0.3 is 15.1 Å². The fourth-order valence-electron chi connectivity index (χ4n) is 2.24. The van der Waals surface area contributed by atoms with Gasteiger partial charge in [-0.1, -0.05) is 13.8 Å². The van der Waals surface area contributed by atoms with Crippen molar-refractivity contribution in [2.24, 2.45) is 0 Å². The maximum Gasteiger partial charge on any atom is 0.330 e. The first-order valence-corrected chi connectivity index (χ1v) is 7.20. The van der Waals surface area contributed by atoms with Crippen molar-refractivity contribution >= 4 is 17.4 Å². The zero-order chi connectivity index (χ0) is 17.1. The van der Waals surface area contributed by atoms with Crippen LogP contribution in [0.4, 0.5) is 11.5 Å². The molecule has 2 rings (SSSR count). The van der Waals surface area contributed by atoms with Crippen molar-refractivity contribution in [2.45, 2.75) is 33.2 Å². The van der Waals surface area contributed by atoms with Crippen molar-refractivity contribution in [2.75, 3.05) is 17.7 Å². The SMILES string of the molecule is CCn1c(NC(=O)c2ncoc2C(C)C)c(NC)c(=O)[nH]c1=O. The minimum absolute atomic E-state index is 0.0328. The van der Waals surface area contributed by atoms with Gasteiger partial charge in [0.1, 0.15) is 17.3 Å². The predicted octanol–water partition coefficient (Wildman–Crippen LogP) is 0.962. The fourth-order valence-corrected chi connectivity index (χ4v) is 2.24. The monoisotopic (exact) mass is 321 g/mol. The number of aromatic nitrogens is 3. The number of aromatic amines is 1. The Labute approximate surface area is 131 Å². The first-order chi connectivity index (χ1) is 10.9. The van der Waals surface area contributed by atoms with Gasteiger partial charge in [-0.25, -0.2) is 9.78 Å². The Morgan fingerprint density at radius 2 is 2.13 bits per heavy atom. The molecule has 0 atom stereocenters. The first-order valence-electron chi connectivity index (χ1n) is 7.20. The summed E-state index contributed by atoms with van der Waals surface area (Å²) in [7, 11) is 1.53. The second kappa shape index (κ2) is 6.51. The highest BCUT2D eigenvalue weighted by atomic mass is 16.3. The van der Waals surface area contributed by atoms with Gasteiger partial charge in [-0.2, -0.15) is 0 Å². The van der Waals surface area contributed by atoms with Gasteiger partial charge in [0, 0.05) is 19.5 Å². The van der Waals surface area contributed by atoms with E-state index in [9.17, 15) is 14.4 Å². The number of anilines is 2. The molecule has 0 aliphatic rings. The molecule has 23 heavy (non-hydrogen) atoms. The zero-order valence-electron chi connectivity index (χ0n) is 13.4. The van der Waals surface area contributed by atoms with E-state index in [4.69, 9.17) is 4.42 Å². The molecule has 0 bridgehead atoms. The first kappa shape index (κ1) is 16.5. The van der Waals surface area contributed by atoms with Crippen LogP contribution in [0, 0.1) is 0 Å². The van der Waals surface area contributed by atoms with Crippen molar-refractivity contribution < 1.29 is 9.21 Å². The van der Waals surface area contributed by atoms with Crippen LogP contribution in [0.1, 0.15) is 42.9 Å². The van der Waals surface area contributed by atoms with Crippen LogP contribution in [-0.4, -0.2) is 27.5 Å². The van der Waals surface area contributed by atoms with Crippen LogP contribution in [0.3, 0.4) is 0 Å². The second-order valence-electron chi connectivity index (χ2n) is 5.15. The second-order valence-corrected chi connectivity index (χ2v) is 5.15. The quantitative estimate of drug-likeness (QED) is 0.754. The largest absolute Gasteiger partial charge is 0.447 e. The number of nitrogens with one attached hydrogen (secondary N) is 3. The van der Waals surface area contributed by atoms with Crippen molar-refractivity contribution in [3.05, 3.63) is 38.7 Å². The molecule has 9 nitrogen and oxygen atoms in total. The lowest BCUT2D eigenvalue weighted by molar-refractivity contribution is 0.101. The number of carbonyl (C=O) groups excluding carboxylic acids is 1. The average Bonchev–Trinajstić information content (AvgIpc) is 2.97. The molecule has 0 radical (unpaired) electrons. The van der Waals surface area contributed by atoms with Crippen LogP contribution in [0.25, 0.3) is 0 Å². The molecule has 2 aromatic heterocycles. The molecule has 0 saturated carbocycles. The molecule has 124 valence electrons. The van der Waals surface area contributed by atoms with Gasteiger partial charge >= 0.3 is 5.69 Å². The molecular weight excluding hydrogens is 302 g/mol. The highest BCUT2D eigenvalue weighted by molar-refractivity contribution is 6.04. The lowest BCUT2D eigenvalue weighted by atomic mass is 10.1. The number of amides is 1. The summed E-state index contributed by atoms with van der Waals surface area (Å²) in [6.45, 7) is 5.73. The Balaban J connectivity index is 2.51. The molecule has 2 heterocycles. The summed E-state index contributed by atoms with van der Waals surface area (Å²) in [6, 6.07) is 0. The Hall–Kier alpha value is -2.84. The van der Waals surface area contributed by atoms with E-state index in [1.165, 1.54) is 18.0 Å². The number of rotatable bonds is 5. The number of hydrogen-bond acceptors (Lipinski definition) is 6. The van der Waals surface area contributed by atoms with E-state index in [0.29, 0.717) is 5.76 Å². The fraction of sp³-hybridized carbons (Fsp3) is 0.429. The molecular formula is C14H19N5O4. The van der Waals surface area contributed by atoms with Gasteiger partial charge in [0.05, 0.1) is 0 Å². The Morgan fingerprint density at radius 1 is 1.43 bits per heavy atom. The number of oxazole rings is 1. The summed E-state index contributed by atoms with van der Waals surface area (Å²) in [5, 5.41) is 5.27. The molecule has 0 aromatic carbocycles. The lowest BCUT2D eigenvalue weighted by Gasteiger charge is -2.15. The Kier molecular flexibility index (Phi) is 4.68. The van der Waals surface area contributed by atoms with Crippen molar-refractivity contribution in [3.63, 3.8) is 0 Å². The van der Waals surface area contributed by atoms with E-state index in [-0.39, 0.29) is 29.7 Å². The summed E-state index contributed by atoms with van der Waals surface area (Å²) >= 11 is 0. The third kappa shape index (κ3) is 3.03. The van der Waals surface area contributed by atoms with Gasteiger partial charge in [-0.15, -0.1) is 0 Å². The number of carbonyl (C=O) groups is 1. The number of nitrogens with zero attached hydrogens (tertiary/aromatic N) is 2. The summed E-state index contributed by atoms with van der Waals surface area (Å²) in [5.74, 6) is -0.0593. The minimum Gasteiger partial charge on any atom is -0.447 e. The van der Waals surface area contributed by atoms with Gasteiger partial charge in [-0.05, 0) is 6.92 Å². The molecule has 9 heteroatoms. The van der Waals surface area contributed by atoms with Crippen molar-refractivity contribution in [1.82, 2.24) is 14.5 Å². The summed E-state index contributed by atoms with van der Waals surface area (Å²) < 4.78 is 6.47. The molecule has 0 unspecified atom stereocenters. The Bertz CT molecular complexity index is 794. The molecule has 0 aliphatic carbocycles. The molecule has 0 spiro atoms. The van der Waals surface area contributed by atoms with E-state index >= 15 is 0 Å². The molecule has 2 aromatic rings. The van der Waals surface area contributed by atoms with Crippen molar-refractivity contribution in [1.29, 1.82) is 0 Å². The van der Waals surface area contributed by atoms with Crippen LogP contribution >= 0.6 is 0 Å². The predicted molar refractivity (Wildman–Crippen MR) is 85.1 cm³/mol. The number of H-pyrrole nitrogens is 1. The number of hydrogen-bond donors (Lipinski definition) is 3. The van der Waals surface area contributed by atoms with E-state index in [0.717, 1.165) is 0 Å². The maximum absolute atomic E-state index is 12.5. The van der Waals surface area contributed by atoms with Crippen LogP contribution < -0.4 is 21.9 Å². The summed E-state index contributed by atoms with van der Waals surface area (Å²) in [4.78, 5) is 42.4. The normalized spacial score (nSPS) is 10.8. The molecule has 0 aliphatic heterocycles. The molecule has 0 fully saturated rings. The highest BCUT2D eigenvalue weighted by Gasteiger charge is 2.22. The zero-order valence-corrected chi connectivity index (χ0v) is 13.4. The topological polar surface area (TPSA) is 122 Å². The third-order valence-electron chi connectivity index (χ3n) is 3.33. The average molecular weight is 321 g/mol. The standard InChI is InChI=1S/C14H19N5O4/c1-5-19-11(9(15-4)13(21)18-14(19)22)17-12(20)8-10(7(2)3)23-6-16-8/h6-7,15H,5H2,1-4H3,(H,17,20)(H,18,21,22). The van der Waals surface area contributed by atoms with E-state index < -0.39 is 17.2 Å². The third-order valence-corrected chi connectivity index (χ3v) is 3.33. The van der Waals surface area contributed by atoms with E-state index in [2.05, 4.69) is 20.6 Å². The van der Waals surface area contributed by atoms with Gasteiger partial charge in [0.2, 0.25) is 0 Å². The van der Waals surface area contributed by atoms with Crippen LogP contribution in [-0.2, 0) is 6.54 Å². The summed E-state index contributed by atoms with van der Waals surface area (Å²) in [6.07, 6.45) is 1.19. The molecule has 0 saturated heterocycles. The Morgan fingerprint density at radius 3 is 2.70 bits per heavy atom. The highest BCUT2D eigenvalue weighted by Crippen LogP contribution is 2.21. The smallest absolute Gasteiger partial charge is 0.330 e. The lowest BCUT2D eigenvalue weighted by Crippen LogP contribution is -2.34. The van der Waals surface area contributed by atoms with E-state index in [1.807, 2.05) is 13.8 Å². The molecule has 3 N–H and O–H groups in total. The van der Waals surface area contributed by atoms with Crippen LogP contribution in [0.5, 0.6) is 0 Å².